The first-order valence-electron chi connectivity index (χ1n) is 15.7. The number of halogens is 13. The molecule has 3 fully saturated rings. The predicted molar refractivity (Wildman–Crippen MR) is 140 cm³/mol. The maximum Gasteiger partial charge on any atom is 0.456 e. The fraction of sp³-hybridized carbons (Fsp3) is 1.00. The molecule has 3 saturated carbocycles. The summed E-state index contributed by atoms with van der Waals surface area (Å²) in [6, 6.07) is 0. The summed E-state index contributed by atoms with van der Waals surface area (Å²) in [6.45, 7) is 6.72. The van der Waals surface area contributed by atoms with E-state index in [2.05, 4.69) is 0 Å². The minimum atomic E-state index is -6.92. The van der Waals surface area contributed by atoms with Crippen LogP contribution in [0.4, 0.5) is 57.1 Å². The highest BCUT2D eigenvalue weighted by Crippen LogP contribution is 2.70. The molecule has 1 N–H and O–H groups in total. The van der Waals surface area contributed by atoms with Crippen LogP contribution in [0.1, 0.15) is 98.3 Å². The van der Waals surface area contributed by atoms with Gasteiger partial charge in [0.2, 0.25) is 5.60 Å². The van der Waals surface area contributed by atoms with E-state index >= 15 is 0 Å². The van der Waals surface area contributed by atoms with Gasteiger partial charge in [-0.15, -0.1) is 0 Å². The van der Waals surface area contributed by atoms with E-state index in [0.717, 1.165) is 6.42 Å². The van der Waals surface area contributed by atoms with Crippen molar-refractivity contribution in [2.75, 3.05) is 6.61 Å². The fourth-order valence-corrected chi connectivity index (χ4v) is 8.59. The molecule has 0 saturated heterocycles. The smallest absolute Gasteiger partial charge is 0.377 e. The predicted octanol–water partition coefficient (Wildman–Crippen LogP) is 10.3. The van der Waals surface area contributed by atoms with Crippen molar-refractivity contribution in [1.82, 2.24) is 0 Å². The van der Waals surface area contributed by atoms with Gasteiger partial charge in [0.05, 0.1) is 0 Å². The van der Waals surface area contributed by atoms with Crippen LogP contribution < -0.4 is 0 Å². The lowest BCUT2D eigenvalue weighted by molar-refractivity contribution is -0.437. The molecule has 0 spiro atoms. The first-order valence-corrected chi connectivity index (χ1v) is 15.7. The molecular formula is C30H43F13O3. The standard InChI is InChI=1S/C30H43F13O3/c1-5-7-12-45-18(4)46-24(28(35,36)37)11-9-20(15-24)19(6-2)13-17(3)23-10-8-21(14-23)22(16-23)25(44,26(31,32)29(38,39)40)27(33,34)30(41,42)43/h17-22,44H,5-16H2,1-4H3. The van der Waals surface area contributed by atoms with Gasteiger partial charge in [0.25, 0.3) is 0 Å². The summed E-state index contributed by atoms with van der Waals surface area (Å²) in [7, 11) is 0. The normalized spacial score (nSPS) is 31.8. The second-order valence-electron chi connectivity index (χ2n) is 13.8. The number of aliphatic hydroxyl groups is 1. The SMILES string of the molecule is CCCCOC(C)OC1(C(F)(F)F)CCC(C(CC)CC(C)C23CCC(C2)C(C(O)(C(F)(F)C(F)(F)F)C(F)(F)C(F)(F)F)C3)C1. The number of rotatable bonds is 14. The van der Waals surface area contributed by atoms with Crippen molar-refractivity contribution in [2.24, 2.45) is 35.0 Å². The summed E-state index contributed by atoms with van der Waals surface area (Å²) in [5.41, 5.74) is -9.58. The number of ether oxygens (including phenoxy) is 2. The second-order valence-corrected chi connectivity index (χ2v) is 13.8. The molecule has 272 valence electrons. The molecule has 0 heterocycles. The van der Waals surface area contributed by atoms with Crippen molar-refractivity contribution < 1.29 is 71.7 Å². The van der Waals surface area contributed by atoms with Crippen LogP contribution in [-0.4, -0.2) is 59.6 Å². The Morgan fingerprint density at radius 2 is 1.35 bits per heavy atom. The number of hydrogen-bond donors (Lipinski definition) is 1. The second kappa shape index (κ2) is 13.0. The Hall–Kier alpha value is -1.03. The van der Waals surface area contributed by atoms with Crippen molar-refractivity contribution in [2.45, 2.75) is 146 Å². The fourth-order valence-electron chi connectivity index (χ4n) is 8.59. The Balaban J connectivity index is 1.85. The molecule has 0 aromatic heterocycles. The lowest BCUT2D eigenvalue weighted by Gasteiger charge is -2.49. The molecule has 0 aliphatic heterocycles. The van der Waals surface area contributed by atoms with Crippen LogP contribution in [0.2, 0.25) is 0 Å². The van der Waals surface area contributed by atoms with Crippen molar-refractivity contribution in [3.8, 4) is 0 Å². The van der Waals surface area contributed by atoms with E-state index in [0.29, 0.717) is 12.8 Å². The molecular weight excluding hydrogens is 655 g/mol. The van der Waals surface area contributed by atoms with Crippen LogP contribution in [0.15, 0.2) is 0 Å². The van der Waals surface area contributed by atoms with Gasteiger partial charge in [-0.1, -0.05) is 33.6 Å². The Bertz CT molecular complexity index is 1000. The van der Waals surface area contributed by atoms with Gasteiger partial charge in [-0.05, 0) is 93.8 Å². The quantitative estimate of drug-likeness (QED) is 0.112. The minimum Gasteiger partial charge on any atom is -0.377 e. The largest absolute Gasteiger partial charge is 0.456 e. The molecule has 0 aromatic rings. The van der Waals surface area contributed by atoms with Crippen LogP contribution in [-0.2, 0) is 9.47 Å². The lowest BCUT2D eigenvalue weighted by atomic mass is 9.63. The number of unbranched alkanes of at least 4 members (excludes halogenated alkanes) is 1. The first kappa shape index (κ1) is 39.4. The number of alkyl halides is 13. The van der Waals surface area contributed by atoms with E-state index in [4.69, 9.17) is 9.47 Å². The molecule has 3 aliphatic rings. The Kier molecular flexibility index (Phi) is 11.2. The van der Waals surface area contributed by atoms with Crippen molar-refractivity contribution >= 4 is 0 Å². The van der Waals surface area contributed by atoms with Crippen molar-refractivity contribution in [1.29, 1.82) is 0 Å². The highest BCUT2D eigenvalue weighted by molar-refractivity contribution is 5.19. The van der Waals surface area contributed by atoms with E-state index < -0.39 is 95.7 Å². The van der Waals surface area contributed by atoms with Gasteiger partial charge in [-0.2, -0.15) is 57.1 Å². The number of fused-ring (bicyclic) bond motifs is 2. The zero-order chi connectivity index (χ0) is 35.4. The highest BCUT2D eigenvalue weighted by Gasteiger charge is 2.88. The zero-order valence-electron chi connectivity index (χ0n) is 26.1. The molecule has 16 heteroatoms. The summed E-state index contributed by atoms with van der Waals surface area (Å²) >= 11 is 0. The molecule has 0 amide bonds. The summed E-state index contributed by atoms with van der Waals surface area (Å²) in [4.78, 5) is 0. The van der Waals surface area contributed by atoms with E-state index in [1.54, 1.807) is 13.8 Å². The van der Waals surface area contributed by atoms with Crippen molar-refractivity contribution in [3.63, 3.8) is 0 Å². The molecule has 8 atom stereocenters. The lowest BCUT2D eigenvalue weighted by Crippen LogP contribution is -2.74. The third-order valence-electron chi connectivity index (χ3n) is 11.2. The van der Waals surface area contributed by atoms with Crippen LogP contribution in [0, 0.1) is 35.0 Å². The molecule has 0 radical (unpaired) electrons. The third-order valence-corrected chi connectivity index (χ3v) is 11.2. The van der Waals surface area contributed by atoms with Crippen LogP contribution in [0.3, 0.4) is 0 Å². The van der Waals surface area contributed by atoms with Crippen molar-refractivity contribution in [3.05, 3.63) is 0 Å². The first-order chi connectivity index (χ1) is 20.8. The van der Waals surface area contributed by atoms with E-state index in [1.807, 2.05) is 6.92 Å². The number of hydrogen-bond acceptors (Lipinski definition) is 3. The molecule has 0 aromatic carbocycles. The zero-order valence-corrected chi connectivity index (χ0v) is 26.1. The average molecular weight is 699 g/mol. The third kappa shape index (κ3) is 6.61. The molecule has 3 aliphatic carbocycles. The van der Waals surface area contributed by atoms with Crippen LogP contribution in [0.5, 0.6) is 0 Å². The van der Waals surface area contributed by atoms with Gasteiger partial charge in [-0.3, -0.25) is 0 Å². The van der Waals surface area contributed by atoms with E-state index in [9.17, 15) is 62.2 Å². The van der Waals surface area contributed by atoms with Gasteiger partial charge in [0.1, 0.15) is 0 Å². The monoisotopic (exact) mass is 698 g/mol. The van der Waals surface area contributed by atoms with E-state index in [-0.39, 0.29) is 45.1 Å². The maximum absolute atomic E-state index is 14.7. The summed E-state index contributed by atoms with van der Waals surface area (Å²) in [6.07, 6.45) is -19.9. The van der Waals surface area contributed by atoms with Gasteiger partial charge >= 0.3 is 30.4 Å². The Morgan fingerprint density at radius 1 is 0.783 bits per heavy atom. The summed E-state index contributed by atoms with van der Waals surface area (Å²) in [5.74, 6) is -19.5. The molecule has 3 rings (SSSR count). The van der Waals surface area contributed by atoms with E-state index in [1.165, 1.54) is 6.92 Å². The summed E-state index contributed by atoms with van der Waals surface area (Å²) < 4.78 is 193. The Morgan fingerprint density at radius 3 is 1.83 bits per heavy atom. The molecule has 2 bridgehead atoms. The average Bonchev–Trinajstić information content (AvgIpc) is 3.64. The van der Waals surface area contributed by atoms with Gasteiger partial charge in [0.15, 0.2) is 11.9 Å². The topological polar surface area (TPSA) is 38.7 Å². The summed E-state index contributed by atoms with van der Waals surface area (Å²) in [5, 5.41) is 10.5. The minimum absolute atomic E-state index is 0.0973. The van der Waals surface area contributed by atoms with Gasteiger partial charge < -0.3 is 14.6 Å². The highest BCUT2D eigenvalue weighted by atomic mass is 19.4. The van der Waals surface area contributed by atoms with Gasteiger partial charge in [0, 0.05) is 12.5 Å². The molecule has 3 nitrogen and oxygen atoms in total. The van der Waals surface area contributed by atoms with Crippen LogP contribution in [0.25, 0.3) is 0 Å². The Labute approximate surface area is 259 Å². The molecule has 8 unspecified atom stereocenters. The maximum atomic E-state index is 14.7. The van der Waals surface area contributed by atoms with Crippen LogP contribution >= 0.6 is 0 Å². The molecule has 46 heavy (non-hydrogen) atoms. The van der Waals surface area contributed by atoms with Gasteiger partial charge in [-0.25, -0.2) is 0 Å².